The molecule has 0 amide bonds. The molecule has 0 radical (unpaired) electrons. The van der Waals surface area contributed by atoms with Gasteiger partial charge < -0.3 is 5.11 Å². The molecule has 0 fully saturated rings. The summed E-state index contributed by atoms with van der Waals surface area (Å²) in [5, 5.41) is 9.46. The molecule has 1 atom stereocenters. The minimum Gasteiger partial charge on any atom is -0.392 e. The molecule has 130 valence electrons. The highest BCUT2D eigenvalue weighted by molar-refractivity contribution is 6.17. The fourth-order valence-corrected chi connectivity index (χ4v) is 4.15. The molecule has 2 aromatic rings. The third-order valence-corrected chi connectivity index (χ3v) is 5.38. The quantitative estimate of drug-likeness (QED) is 0.878. The van der Waals surface area contributed by atoms with Crippen molar-refractivity contribution in [2.24, 2.45) is 15.9 Å². The average molecular weight is 342 g/mol. The lowest BCUT2D eigenvalue weighted by atomic mass is 9.62. The molecular weight excluding hydrogens is 320 g/mol. The lowest BCUT2D eigenvalue weighted by Gasteiger charge is -2.43. The van der Waals surface area contributed by atoms with Crippen LogP contribution in [-0.2, 0) is 5.41 Å². The number of allylic oxidation sites excluding steroid dienone is 2. The van der Waals surface area contributed by atoms with Crippen molar-refractivity contribution in [3.8, 4) is 0 Å². The Kier molecular flexibility index (Phi) is 4.63. The van der Waals surface area contributed by atoms with Gasteiger partial charge in [-0.1, -0.05) is 78.9 Å². The van der Waals surface area contributed by atoms with E-state index in [1.165, 1.54) is 11.1 Å². The first-order valence-corrected chi connectivity index (χ1v) is 9.00. The molecule has 26 heavy (non-hydrogen) atoms. The van der Waals surface area contributed by atoms with Gasteiger partial charge in [-0.2, -0.15) is 0 Å². The molecule has 1 N–H and O–H groups in total. The molecular formula is C23H22N2O. The molecule has 4 rings (SSSR count). The SMILES string of the molecule is OCC1=CCC(C(c2ccccc2)(c2ccccc2)C2N=CC=N2)C=C1. The highest BCUT2D eigenvalue weighted by atomic mass is 16.3. The zero-order valence-electron chi connectivity index (χ0n) is 14.6. The highest BCUT2D eigenvalue weighted by Crippen LogP contribution is 2.47. The minimum atomic E-state index is -0.389. The molecule has 1 aliphatic carbocycles. The van der Waals surface area contributed by atoms with E-state index >= 15 is 0 Å². The number of aliphatic imine (C=N–C) groups is 2. The predicted molar refractivity (Wildman–Crippen MR) is 107 cm³/mol. The van der Waals surface area contributed by atoms with Gasteiger partial charge in [0.1, 0.15) is 0 Å². The van der Waals surface area contributed by atoms with Crippen molar-refractivity contribution in [1.29, 1.82) is 0 Å². The van der Waals surface area contributed by atoms with Gasteiger partial charge in [-0.15, -0.1) is 0 Å². The molecule has 3 nitrogen and oxygen atoms in total. The fourth-order valence-electron chi connectivity index (χ4n) is 4.15. The Hall–Kier alpha value is -2.78. The zero-order valence-corrected chi connectivity index (χ0v) is 14.6. The Morgan fingerprint density at radius 2 is 1.46 bits per heavy atom. The van der Waals surface area contributed by atoms with Gasteiger partial charge in [0.15, 0.2) is 6.17 Å². The summed E-state index contributed by atoms with van der Waals surface area (Å²) in [6.45, 7) is 0.0760. The Labute approximate surface area is 154 Å². The van der Waals surface area contributed by atoms with Crippen molar-refractivity contribution >= 4 is 12.4 Å². The molecule has 0 spiro atoms. The van der Waals surface area contributed by atoms with Crippen molar-refractivity contribution in [3.05, 3.63) is 95.6 Å². The molecule has 3 heteroatoms. The maximum absolute atomic E-state index is 9.46. The topological polar surface area (TPSA) is 45.0 Å². The van der Waals surface area contributed by atoms with Gasteiger partial charge in [0, 0.05) is 12.4 Å². The monoisotopic (exact) mass is 342 g/mol. The molecule has 1 unspecified atom stereocenters. The average Bonchev–Trinajstić information content (AvgIpc) is 3.26. The molecule has 2 aromatic carbocycles. The van der Waals surface area contributed by atoms with E-state index in [2.05, 4.69) is 60.7 Å². The second-order valence-electron chi connectivity index (χ2n) is 6.71. The second kappa shape index (κ2) is 7.22. The first-order valence-electron chi connectivity index (χ1n) is 9.00. The summed E-state index contributed by atoms with van der Waals surface area (Å²) in [5.74, 6) is 0.194. The number of rotatable bonds is 5. The summed E-state index contributed by atoms with van der Waals surface area (Å²) in [5.41, 5.74) is 3.00. The second-order valence-corrected chi connectivity index (χ2v) is 6.71. The third-order valence-electron chi connectivity index (χ3n) is 5.38. The minimum absolute atomic E-state index is 0.0760. The smallest absolute Gasteiger partial charge is 0.153 e. The predicted octanol–water partition coefficient (Wildman–Crippen LogP) is 3.95. The van der Waals surface area contributed by atoms with E-state index in [-0.39, 0.29) is 24.1 Å². The zero-order chi connectivity index (χ0) is 17.8. The van der Waals surface area contributed by atoms with Crippen molar-refractivity contribution < 1.29 is 5.11 Å². The van der Waals surface area contributed by atoms with Gasteiger partial charge in [0.05, 0.1) is 12.0 Å². The summed E-state index contributed by atoms with van der Waals surface area (Å²) >= 11 is 0. The van der Waals surface area contributed by atoms with Gasteiger partial charge in [0.2, 0.25) is 0 Å². The van der Waals surface area contributed by atoms with E-state index in [0.29, 0.717) is 0 Å². The van der Waals surface area contributed by atoms with Crippen LogP contribution in [0.15, 0.2) is 94.4 Å². The maximum atomic E-state index is 9.46. The summed E-state index contributed by atoms with van der Waals surface area (Å²) in [4.78, 5) is 9.45. The van der Waals surface area contributed by atoms with Crippen LogP contribution in [0.25, 0.3) is 0 Å². The van der Waals surface area contributed by atoms with E-state index < -0.39 is 0 Å². The summed E-state index contributed by atoms with van der Waals surface area (Å²) in [6, 6.07) is 21.1. The van der Waals surface area contributed by atoms with E-state index in [9.17, 15) is 5.11 Å². The Morgan fingerprint density at radius 3 is 1.92 bits per heavy atom. The van der Waals surface area contributed by atoms with Crippen LogP contribution in [0.1, 0.15) is 17.5 Å². The Morgan fingerprint density at radius 1 is 0.885 bits per heavy atom. The van der Waals surface area contributed by atoms with Gasteiger partial charge in [0.25, 0.3) is 0 Å². The van der Waals surface area contributed by atoms with Crippen LogP contribution in [0.3, 0.4) is 0 Å². The number of aliphatic hydroxyl groups is 1. The number of nitrogens with zero attached hydrogens (tertiary/aromatic N) is 2. The lowest BCUT2D eigenvalue weighted by Crippen LogP contribution is -2.44. The first kappa shape index (κ1) is 16.7. The van der Waals surface area contributed by atoms with Gasteiger partial charge in [-0.25, -0.2) is 0 Å². The van der Waals surface area contributed by atoms with Gasteiger partial charge in [-0.05, 0) is 29.0 Å². The fraction of sp³-hybridized carbons (Fsp3) is 0.217. The Bertz CT molecular complexity index is 814. The van der Waals surface area contributed by atoms with Crippen LogP contribution < -0.4 is 0 Å². The molecule has 0 saturated heterocycles. The first-order chi connectivity index (χ1) is 12.9. The van der Waals surface area contributed by atoms with Crippen LogP contribution in [0.4, 0.5) is 0 Å². The van der Waals surface area contributed by atoms with E-state index in [1.807, 2.05) is 18.2 Å². The van der Waals surface area contributed by atoms with Crippen LogP contribution >= 0.6 is 0 Å². The molecule has 1 aliphatic heterocycles. The van der Waals surface area contributed by atoms with E-state index in [1.54, 1.807) is 12.4 Å². The number of benzene rings is 2. The molecule has 0 bridgehead atoms. The van der Waals surface area contributed by atoms with Crippen molar-refractivity contribution in [3.63, 3.8) is 0 Å². The summed E-state index contributed by atoms with van der Waals surface area (Å²) in [6.07, 6.45) is 10.6. The highest BCUT2D eigenvalue weighted by Gasteiger charge is 2.48. The number of aliphatic hydroxyl groups excluding tert-OH is 1. The van der Waals surface area contributed by atoms with Crippen molar-refractivity contribution in [2.75, 3.05) is 6.61 Å². The third kappa shape index (κ3) is 2.74. The summed E-state index contributed by atoms with van der Waals surface area (Å²) in [7, 11) is 0. The van der Waals surface area contributed by atoms with Crippen molar-refractivity contribution in [1.82, 2.24) is 0 Å². The standard InChI is InChI=1S/C23H22N2O/c26-17-18-11-13-21(14-12-18)23(22-24-15-16-25-22,19-7-3-1-4-8-19)20-9-5-2-6-10-20/h1-13,15-16,21-22,26H,14,17H2. The molecule has 0 aromatic heterocycles. The van der Waals surface area contributed by atoms with Gasteiger partial charge >= 0.3 is 0 Å². The lowest BCUT2D eigenvalue weighted by molar-refractivity contribution is 0.313. The van der Waals surface area contributed by atoms with Gasteiger partial charge in [-0.3, -0.25) is 9.98 Å². The largest absolute Gasteiger partial charge is 0.392 e. The number of hydrogen-bond acceptors (Lipinski definition) is 3. The molecule has 1 heterocycles. The normalized spacial score (nSPS) is 19.7. The van der Waals surface area contributed by atoms with Crippen LogP contribution in [0.2, 0.25) is 0 Å². The summed E-state index contributed by atoms with van der Waals surface area (Å²) < 4.78 is 0. The van der Waals surface area contributed by atoms with E-state index in [0.717, 1.165) is 12.0 Å². The van der Waals surface area contributed by atoms with Crippen LogP contribution in [0.5, 0.6) is 0 Å². The van der Waals surface area contributed by atoms with E-state index in [4.69, 9.17) is 9.98 Å². The van der Waals surface area contributed by atoms with Crippen LogP contribution in [-0.4, -0.2) is 30.3 Å². The van der Waals surface area contributed by atoms with Crippen molar-refractivity contribution in [2.45, 2.75) is 18.0 Å². The molecule has 2 aliphatic rings. The molecule has 0 saturated carbocycles. The van der Waals surface area contributed by atoms with Crippen LogP contribution in [0, 0.1) is 5.92 Å². The maximum Gasteiger partial charge on any atom is 0.153 e. The number of hydrogen-bond donors (Lipinski definition) is 1. The Balaban J connectivity index is 1.93.